The second-order valence-corrected chi connectivity index (χ2v) is 6.78. The summed E-state index contributed by atoms with van der Waals surface area (Å²) in [6, 6.07) is 6.34. The van der Waals surface area contributed by atoms with Crippen LogP contribution in [-0.4, -0.2) is 43.6 Å². The summed E-state index contributed by atoms with van der Waals surface area (Å²) in [6.07, 6.45) is -4.07. The number of ether oxygens (including phenoxy) is 1. The maximum absolute atomic E-state index is 13.5. The first-order valence-corrected chi connectivity index (χ1v) is 8.87. The van der Waals surface area contributed by atoms with Crippen molar-refractivity contribution in [1.29, 1.82) is 0 Å². The summed E-state index contributed by atoms with van der Waals surface area (Å²) < 4.78 is 56.7. The van der Waals surface area contributed by atoms with Crippen LogP contribution in [-0.2, 0) is 0 Å². The number of piperazine rings is 1. The van der Waals surface area contributed by atoms with Crippen molar-refractivity contribution >= 4 is 24.8 Å². The van der Waals surface area contributed by atoms with E-state index >= 15 is 0 Å². The maximum atomic E-state index is 13.5. The van der Waals surface area contributed by atoms with Crippen LogP contribution in [0.25, 0.3) is 0 Å². The summed E-state index contributed by atoms with van der Waals surface area (Å²) in [5.74, 6) is 0.200. The van der Waals surface area contributed by atoms with E-state index in [1.807, 2.05) is 0 Å². The van der Waals surface area contributed by atoms with Crippen LogP contribution in [0, 0.1) is 5.92 Å². The monoisotopic (exact) mass is 432 g/mol. The maximum Gasteiger partial charge on any atom is 0.461 e. The number of rotatable bonds is 6. The van der Waals surface area contributed by atoms with Crippen molar-refractivity contribution in [3.63, 3.8) is 0 Å². The van der Waals surface area contributed by atoms with Crippen molar-refractivity contribution in [3.8, 4) is 5.75 Å². The predicted molar refractivity (Wildman–Crippen MR) is 102 cm³/mol. The average Bonchev–Trinajstić information content (AvgIpc) is 3.11. The Labute approximate surface area is 169 Å². The Hall–Kier alpha value is -0.760. The molecule has 1 aromatic carbocycles. The molecule has 2 fully saturated rings. The molecule has 1 saturated carbocycles. The summed E-state index contributed by atoms with van der Waals surface area (Å²) in [5.41, 5.74) is 0.594. The number of hydrogen-bond acceptors (Lipinski definition) is 3. The molecular formula is C18H26Cl2F4N2O. The van der Waals surface area contributed by atoms with Gasteiger partial charge in [-0.2, -0.15) is 17.6 Å². The van der Waals surface area contributed by atoms with Crippen LogP contribution in [0.2, 0.25) is 0 Å². The molecule has 3 nitrogen and oxygen atoms in total. The van der Waals surface area contributed by atoms with Gasteiger partial charge in [-0.1, -0.05) is 31.0 Å². The Morgan fingerprint density at radius 3 is 2.22 bits per heavy atom. The van der Waals surface area contributed by atoms with E-state index in [0.29, 0.717) is 11.5 Å². The minimum atomic E-state index is -4.49. The molecule has 1 N–H and O–H groups in total. The van der Waals surface area contributed by atoms with Crippen molar-refractivity contribution < 1.29 is 22.3 Å². The normalized spacial score (nSPS) is 20.0. The van der Waals surface area contributed by atoms with E-state index in [9.17, 15) is 17.6 Å². The molecule has 1 saturated heterocycles. The van der Waals surface area contributed by atoms with Gasteiger partial charge in [-0.15, -0.1) is 24.8 Å². The Balaban J connectivity index is 0.00000182. The Bertz CT molecular complexity index is 568. The fraction of sp³-hybridized carbons (Fsp3) is 0.667. The summed E-state index contributed by atoms with van der Waals surface area (Å²) in [6.45, 7) is 3.28. The van der Waals surface area contributed by atoms with Crippen molar-refractivity contribution in [2.75, 3.05) is 26.2 Å². The highest BCUT2D eigenvalue weighted by molar-refractivity contribution is 5.85. The molecule has 0 aromatic heterocycles. The lowest BCUT2D eigenvalue weighted by Crippen LogP contribution is -2.47. The Kier molecular flexibility index (Phi) is 9.62. The lowest BCUT2D eigenvalue weighted by molar-refractivity contribution is -0.253. The first-order chi connectivity index (χ1) is 12.0. The first kappa shape index (κ1) is 24.3. The molecular weight excluding hydrogens is 407 g/mol. The number of para-hydroxylation sites is 1. The number of alkyl halides is 4. The highest BCUT2D eigenvalue weighted by Gasteiger charge is 2.45. The zero-order chi connectivity index (χ0) is 17.9. The van der Waals surface area contributed by atoms with Crippen LogP contribution in [0.3, 0.4) is 0 Å². The van der Waals surface area contributed by atoms with E-state index in [1.54, 1.807) is 18.2 Å². The van der Waals surface area contributed by atoms with Crippen LogP contribution in [0.1, 0.15) is 37.3 Å². The molecule has 27 heavy (non-hydrogen) atoms. The van der Waals surface area contributed by atoms with E-state index < -0.39 is 12.5 Å². The van der Waals surface area contributed by atoms with Gasteiger partial charge in [0.25, 0.3) is 0 Å². The first-order valence-electron chi connectivity index (χ1n) is 8.87. The third-order valence-corrected chi connectivity index (χ3v) is 5.13. The molecule has 156 valence electrons. The molecule has 9 heteroatoms. The van der Waals surface area contributed by atoms with E-state index in [4.69, 9.17) is 0 Å². The molecule has 1 aliphatic heterocycles. The van der Waals surface area contributed by atoms with Crippen molar-refractivity contribution in [1.82, 2.24) is 10.2 Å². The van der Waals surface area contributed by atoms with Gasteiger partial charge in [-0.05, 0) is 24.8 Å². The van der Waals surface area contributed by atoms with Gasteiger partial charge in [-0.25, -0.2) is 0 Å². The molecule has 1 aliphatic carbocycles. The molecule has 0 radical (unpaired) electrons. The van der Waals surface area contributed by atoms with E-state index in [0.717, 1.165) is 51.9 Å². The van der Waals surface area contributed by atoms with Crippen molar-refractivity contribution in [2.24, 2.45) is 5.92 Å². The summed E-state index contributed by atoms with van der Waals surface area (Å²) >= 11 is 0. The highest BCUT2D eigenvalue weighted by atomic mass is 35.5. The van der Waals surface area contributed by atoms with Gasteiger partial charge in [0.2, 0.25) is 0 Å². The SMILES string of the molecule is Cl.Cl.FC(F)C(F)(F)Oc1ccccc1[C@H](C1CCCC1)N1CCNCC1. The number of nitrogens with one attached hydrogen (secondary N) is 1. The van der Waals surface area contributed by atoms with Crippen LogP contribution in [0.4, 0.5) is 17.6 Å². The van der Waals surface area contributed by atoms with Gasteiger partial charge >= 0.3 is 12.5 Å². The second kappa shape index (κ2) is 10.7. The van der Waals surface area contributed by atoms with Crippen LogP contribution >= 0.6 is 24.8 Å². The third-order valence-electron chi connectivity index (χ3n) is 5.13. The van der Waals surface area contributed by atoms with Gasteiger partial charge in [-0.3, -0.25) is 4.90 Å². The molecule has 3 rings (SSSR count). The van der Waals surface area contributed by atoms with Gasteiger partial charge < -0.3 is 10.1 Å². The molecule has 0 bridgehead atoms. The van der Waals surface area contributed by atoms with Gasteiger partial charge in [0.05, 0.1) is 0 Å². The van der Waals surface area contributed by atoms with Crippen LogP contribution < -0.4 is 10.1 Å². The quantitative estimate of drug-likeness (QED) is 0.646. The predicted octanol–water partition coefficient (Wildman–Crippen LogP) is 4.90. The highest BCUT2D eigenvalue weighted by Crippen LogP contribution is 2.43. The Morgan fingerprint density at radius 2 is 1.63 bits per heavy atom. The van der Waals surface area contributed by atoms with Crippen LogP contribution in [0.15, 0.2) is 24.3 Å². The number of benzene rings is 1. The summed E-state index contributed by atoms with van der Waals surface area (Å²) in [5, 5.41) is 3.29. The van der Waals surface area contributed by atoms with Crippen molar-refractivity contribution in [3.05, 3.63) is 29.8 Å². The fourth-order valence-electron chi connectivity index (χ4n) is 3.99. The van der Waals surface area contributed by atoms with E-state index in [-0.39, 0.29) is 36.6 Å². The van der Waals surface area contributed by atoms with E-state index in [1.165, 1.54) is 6.07 Å². The molecule has 0 unspecified atom stereocenters. The number of nitrogens with zero attached hydrogens (tertiary/aromatic N) is 1. The van der Waals surface area contributed by atoms with Crippen molar-refractivity contribution in [2.45, 2.75) is 44.3 Å². The van der Waals surface area contributed by atoms with Gasteiger partial charge in [0, 0.05) is 37.8 Å². The number of hydrogen-bond donors (Lipinski definition) is 1. The molecule has 1 heterocycles. The van der Waals surface area contributed by atoms with Gasteiger partial charge in [0.1, 0.15) is 5.75 Å². The zero-order valence-electron chi connectivity index (χ0n) is 14.9. The second-order valence-electron chi connectivity index (χ2n) is 6.78. The topological polar surface area (TPSA) is 24.5 Å². The minimum Gasteiger partial charge on any atom is -0.428 e. The third kappa shape index (κ3) is 5.86. The molecule has 2 aliphatic rings. The van der Waals surface area contributed by atoms with Gasteiger partial charge in [0.15, 0.2) is 0 Å². The number of halogens is 6. The molecule has 0 amide bonds. The van der Waals surface area contributed by atoms with E-state index in [2.05, 4.69) is 15.0 Å². The Morgan fingerprint density at radius 1 is 1.04 bits per heavy atom. The summed E-state index contributed by atoms with van der Waals surface area (Å²) in [7, 11) is 0. The lowest BCUT2D eigenvalue weighted by atomic mass is 9.89. The zero-order valence-corrected chi connectivity index (χ0v) is 16.5. The average molecular weight is 433 g/mol. The fourth-order valence-corrected chi connectivity index (χ4v) is 3.99. The molecule has 1 aromatic rings. The minimum absolute atomic E-state index is 0. The summed E-state index contributed by atoms with van der Waals surface area (Å²) in [4.78, 5) is 2.27. The lowest BCUT2D eigenvalue weighted by Gasteiger charge is -2.39. The molecule has 1 atom stereocenters. The smallest absolute Gasteiger partial charge is 0.428 e. The standard InChI is InChI=1S/C18H24F4N2O.2ClH/c19-17(20)18(21,22)25-15-8-4-3-7-14(15)16(13-5-1-2-6-13)24-11-9-23-10-12-24;;/h3-4,7-8,13,16-17,23H,1-2,5-6,9-12H2;2*1H/t16-;;/m0../s1. The molecule has 0 spiro atoms. The largest absolute Gasteiger partial charge is 0.461 e. The van der Waals surface area contributed by atoms with Crippen LogP contribution in [0.5, 0.6) is 5.75 Å².